The number of hydrogen-bond acceptors (Lipinski definition) is 8. The topological polar surface area (TPSA) is 71.2 Å². The molecule has 0 spiro atoms. The van der Waals surface area contributed by atoms with Gasteiger partial charge in [-0.1, -0.05) is 12.1 Å². The van der Waals surface area contributed by atoms with E-state index in [4.69, 9.17) is 4.52 Å². The molecule has 1 saturated heterocycles. The average Bonchev–Trinajstić information content (AvgIpc) is 3.05. The van der Waals surface area contributed by atoms with Gasteiger partial charge >= 0.3 is 0 Å². The Labute approximate surface area is 128 Å². The van der Waals surface area contributed by atoms with E-state index in [0.717, 1.165) is 62.3 Å². The summed E-state index contributed by atoms with van der Waals surface area (Å²) in [6.07, 6.45) is 2.01. The number of aryl methyl sites for hydroxylation is 2. The monoisotopic (exact) mass is 308 g/mol. The second-order valence-corrected chi connectivity index (χ2v) is 5.92. The van der Waals surface area contributed by atoms with Crippen LogP contribution in [0.2, 0.25) is 0 Å². The van der Waals surface area contributed by atoms with Crippen LogP contribution >= 0.6 is 11.5 Å². The summed E-state index contributed by atoms with van der Waals surface area (Å²) in [6.45, 7) is 8.68. The molecule has 1 fully saturated rings. The molecule has 114 valence electrons. The Morgan fingerprint density at radius 1 is 1.14 bits per heavy atom. The molecular weight excluding hydrogens is 288 g/mol. The molecule has 0 aliphatic carbocycles. The van der Waals surface area contributed by atoms with Gasteiger partial charge in [0.2, 0.25) is 11.0 Å². The van der Waals surface area contributed by atoms with Crippen molar-refractivity contribution in [3.05, 3.63) is 17.5 Å². The lowest BCUT2D eigenvalue weighted by molar-refractivity contribution is 0.272. The number of aromatic nitrogens is 4. The summed E-state index contributed by atoms with van der Waals surface area (Å²) in [6, 6.07) is 0. The van der Waals surface area contributed by atoms with Crippen LogP contribution in [0, 0.1) is 6.92 Å². The summed E-state index contributed by atoms with van der Waals surface area (Å²) >= 11 is 1.51. The third-order valence-corrected chi connectivity index (χ3v) is 4.38. The van der Waals surface area contributed by atoms with E-state index in [9.17, 15) is 0 Å². The van der Waals surface area contributed by atoms with E-state index in [-0.39, 0.29) is 0 Å². The Balaban J connectivity index is 1.58. The third-order valence-electron chi connectivity index (χ3n) is 3.57. The Morgan fingerprint density at radius 2 is 2.05 bits per heavy atom. The van der Waals surface area contributed by atoms with Crippen LogP contribution in [-0.2, 0) is 13.0 Å². The van der Waals surface area contributed by atoms with Crippen molar-refractivity contribution in [2.75, 3.05) is 31.1 Å². The van der Waals surface area contributed by atoms with Gasteiger partial charge in [-0.3, -0.25) is 4.90 Å². The second-order valence-electron chi connectivity index (χ2n) is 5.19. The zero-order valence-corrected chi connectivity index (χ0v) is 13.3. The maximum atomic E-state index is 5.03. The van der Waals surface area contributed by atoms with Gasteiger partial charge in [0.25, 0.3) is 0 Å². The molecular formula is C13H20N6OS. The smallest absolute Gasteiger partial charge is 0.223 e. The Morgan fingerprint density at radius 3 is 2.76 bits per heavy atom. The zero-order valence-electron chi connectivity index (χ0n) is 12.4. The maximum absolute atomic E-state index is 5.03. The normalized spacial score (nSPS) is 17.1. The Kier molecular flexibility index (Phi) is 4.45. The van der Waals surface area contributed by atoms with E-state index >= 15 is 0 Å². The van der Waals surface area contributed by atoms with Gasteiger partial charge in [0.15, 0.2) is 5.82 Å². The van der Waals surface area contributed by atoms with Crippen molar-refractivity contribution in [3.63, 3.8) is 0 Å². The lowest BCUT2D eigenvalue weighted by Gasteiger charge is -2.19. The molecule has 1 aliphatic heterocycles. The van der Waals surface area contributed by atoms with Crippen LogP contribution in [0.5, 0.6) is 0 Å². The van der Waals surface area contributed by atoms with Crippen LogP contribution in [0.1, 0.15) is 30.9 Å². The SMILES string of the molecule is CCc1nsc(N2CCCN(Cc3noc(C)n3)CC2)n1. The number of anilines is 1. The predicted octanol–water partition coefficient (Wildman–Crippen LogP) is 1.50. The van der Waals surface area contributed by atoms with Crippen molar-refractivity contribution in [2.45, 2.75) is 33.2 Å². The molecule has 21 heavy (non-hydrogen) atoms. The maximum Gasteiger partial charge on any atom is 0.223 e. The number of rotatable bonds is 4. The quantitative estimate of drug-likeness (QED) is 0.847. The molecule has 2 aromatic rings. The molecule has 0 unspecified atom stereocenters. The van der Waals surface area contributed by atoms with Crippen molar-refractivity contribution in [1.29, 1.82) is 0 Å². The average molecular weight is 308 g/mol. The van der Waals surface area contributed by atoms with Crippen LogP contribution in [0.3, 0.4) is 0 Å². The summed E-state index contributed by atoms with van der Waals surface area (Å²) < 4.78 is 9.40. The molecule has 0 N–H and O–H groups in total. The van der Waals surface area contributed by atoms with E-state index in [1.165, 1.54) is 11.5 Å². The van der Waals surface area contributed by atoms with Gasteiger partial charge in [-0.2, -0.15) is 9.36 Å². The van der Waals surface area contributed by atoms with Crippen molar-refractivity contribution in [1.82, 2.24) is 24.4 Å². The molecule has 3 heterocycles. The first-order valence-corrected chi connectivity index (χ1v) is 8.11. The van der Waals surface area contributed by atoms with E-state index in [0.29, 0.717) is 5.89 Å². The minimum absolute atomic E-state index is 0.627. The van der Waals surface area contributed by atoms with Gasteiger partial charge in [-0.05, 0) is 6.42 Å². The number of hydrogen-bond donors (Lipinski definition) is 0. The molecule has 7 nitrogen and oxygen atoms in total. The fourth-order valence-corrected chi connectivity index (χ4v) is 3.24. The van der Waals surface area contributed by atoms with Crippen LogP contribution in [0.15, 0.2) is 4.52 Å². The van der Waals surface area contributed by atoms with Crippen LogP contribution in [-0.4, -0.2) is 50.6 Å². The van der Waals surface area contributed by atoms with Crippen LogP contribution in [0.4, 0.5) is 5.13 Å². The summed E-state index contributed by atoms with van der Waals surface area (Å²) in [4.78, 5) is 13.6. The van der Waals surface area contributed by atoms with Gasteiger partial charge in [0.1, 0.15) is 5.82 Å². The van der Waals surface area contributed by atoms with Crippen molar-refractivity contribution in [3.8, 4) is 0 Å². The number of nitrogens with zero attached hydrogens (tertiary/aromatic N) is 6. The summed E-state index contributed by atoms with van der Waals surface area (Å²) in [5.74, 6) is 2.34. The fourth-order valence-electron chi connectivity index (χ4n) is 2.44. The van der Waals surface area contributed by atoms with Crippen LogP contribution in [0.25, 0.3) is 0 Å². The van der Waals surface area contributed by atoms with Crippen molar-refractivity contribution >= 4 is 16.7 Å². The third kappa shape index (κ3) is 3.56. The van der Waals surface area contributed by atoms with Gasteiger partial charge < -0.3 is 9.42 Å². The largest absolute Gasteiger partial charge is 0.346 e. The highest BCUT2D eigenvalue weighted by molar-refractivity contribution is 7.09. The first kappa shape index (κ1) is 14.4. The minimum Gasteiger partial charge on any atom is -0.346 e. The van der Waals surface area contributed by atoms with E-state index in [1.807, 2.05) is 6.92 Å². The van der Waals surface area contributed by atoms with Crippen molar-refractivity contribution in [2.24, 2.45) is 0 Å². The van der Waals surface area contributed by atoms with E-state index in [2.05, 4.69) is 36.2 Å². The molecule has 1 aliphatic rings. The van der Waals surface area contributed by atoms with Gasteiger partial charge in [0.05, 0.1) is 6.54 Å². The predicted molar refractivity (Wildman–Crippen MR) is 80.4 cm³/mol. The molecule has 3 rings (SSSR count). The molecule has 2 aromatic heterocycles. The molecule has 8 heteroatoms. The highest BCUT2D eigenvalue weighted by Crippen LogP contribution is 2.19. The first-order chi connectivity index (χ1) is 10.2. The standard InChI is InChI=1S/C13H20N6OS/c1-3-11-15-13(21-17-11)19-6-4-5-18(7-8-19)9-12-14-10(2)20-16-12/h3-9H2,1-2H3. The molecule has 0 saturated carbocycles. The Bertz CT molecular complexity index is 583. The summed E-state index contributed by atoms with van der Waals surface area (Å²) in [5, 5.41) is 5.02. The van der Waals surface area contributed by atoms with Gasteiger partial charge in [0, 0.05) is 51.1 Å². The highest BCUT2D eigenvalue weighted by atomic mass is 32.1. The molecule has 0 amide bonds. The molecule has 0 atom stereocenters. The van der Waals surface area contributed by atoms with Gasteiger partial charge in [-0.15, -0.1) is 0 Å². The summed E-state index contributed by atoms with van der Waals surface area (Å²) in [7, 11) is 0. The van der Waals surface area contributed by atoms with Gasteiger partial charge in [-0.25, -0.2) is 4.98 Å². The van der Waals surface area contributed by atoms with Crippen LogP contribution < -0.4 is 4.90 Å². The molecule has 0 bridgehead atoms. The lowest BCUT2D eigenvalue weighted by Crippen LogP contribution is -2.30. The highest BCUT2D eigenvalue weighted by Gasteiger charge is 2.19. The van der Waals surface area contributed by atoms with E-state index in [1.54, 1.807) is 0 Å². The minimum atomic E-state index is 0.627. The summed E-state index contributed by atoms with van der Waals surface area (Å²) in [5.41, 5.74) is 0. The first-order valence-electron chi connectivity index (χ1n) is 7.33. The van der Waals surface area contributed by atoms with Crippen molar-refractivity contribution < 1.29 is 4.52 Å². The molecule has 0 aromatic carbocycles. The molecule has 0 radical (unpaired) electrons. The van der Waals surface area contributed by atoms with E-state index < -0.39 is 0 Å². The fraction of sp³-hybridized carbons (Fsp3) is 0.692. The second kappa shape index (κ2) is 6.48. The lowest BCUT2D eigenvalue weighted by atomic mass is 10.4. The Hall–Kier alpha value is -1.54. The zero-order chi connectivity index (χ0) is 14.7.